The van der Waals surface area contributed by atoms with Crippen LogP contribution in [0.2, 0.25) is 0 Å². The van der Waals surface area contributed by atoms with E-state index in [0.29, 0.717) is 12.2 Å². The zero-order valence-electron chi connectivity index (χ0n) is 19.5. The van der Waals surface area contributed by atoms with Crippen molar-refractivity contribution in [2.45, 2.75) is 70.1 Å². The highest BCUT2D eigenvalue weighted by Gasteiger charge is 2.31. The number of hydrogen-bond donors (Lipinski definition) is 7. The number of thioether (sulfide) groups is 1. The minimum atomic E-state index is -1.75. The van der Waals surface area contributed by atoms with Gasteiger partial charge in [-0.1, -0.05) is 13.8 Å². The summed E-state index contributed by atoms with van der Waals surface area (Å²) in [5.74, 6) is -5.47. The first-order valence-electron chi connectivity index (χ1n) is 10.7. The fourth-order valence-corrected chi connectivity index (χ4v) is 3.32. The Bertz CT molecular complexity index is 748. The molecule has 4 unspecified atom stereocenters. The molecule has 0 rings (SSSR count). The van der Waals surface area contributed by atoms with Crippen LogP contribution in [0.3, 0.4) is 0 Å². The van der Waals surface area contributed by atoms with E-state index in [9.17, 15) is 28.8 Å². The van der Waals surface area contributed by atoms with Crippen molar-refractivity contribution in [1.29, 1.82) is 0 Å². The molecule has 0 heterocycles. The van der Waals surface area contributed by atoms with Crippen LogP contribution < -0.4 is 27.4 Å². The van der Waals surface area contributed by atoms with Crippen LogP contribution in [-0.4, -0.2) is 82.0 Å². The van der Waals surface area contributed by atoms with E-state index in [2.05, 4.69) is 10.6 Å². The van der Waals surface area contributed by atoms with Gasteiger partial charge in [0.15, 0.2) is 0 Å². The van der Waals surface area contributed by atoms with Gasteiger partial charge in [-0.15, -0.1) is 0 Å². The summed E-state index contributed by atoms with van der Waals surface area (Å²) in [6.07, 6.45) is 1.01. The van der Waals surface area contributed by atoms with Gasteiger partial charge in [-0.3, -0.25) is 24.0 Å². The molecule has 0 saturated heterocycles. The fraction of sp³-hybridized carbons (Fsp3) is 0.700. The first kappa shape index (κ1) is 31.1. The Kier molecular flexibility index (Phi) is 14.5. The van der Waals surface area contributed by atoms with Crippen molar-refractivity contribution in [1.82, 2.24) is 16.0 Å². The highest BCUT2D eigenvalue weighted by atomic mass is 32.2. The number of primary amides is 1. The number of nitrogens with two attached hydrogens (primary N) is 2. The lowest BCUT2D eigenvalue weighted by atomic mass is 10.0. The lowest BCUT2D eigenvalue weighted by Gasteiger charge is -2.25. The predicted octanol–water partition coefficient (Wildman–Crippen LogP) is -1.61. The zero-order valence-corrected chi connectivity index (χ0v) is 20.4. The third-order valence-electron chi connectivity index (χ3n) is 4.62. The average Bonchev–Trinajstić information content (AvgIpc) is 2.72. The molecule has 4 amide bonds. The molecule has 13 nitrogen and oxygen atoms in total. The van der Waals surface area contributed by atoms with Gasteiger partial charge in [-0.2, -0.15) is 11.8 Å². The lowest BCUT2D eigenvalue weighted by Crippen LogP contribution is -2.57. The monoisotopic (exact) mass is 505 g/mol. The van der Waals surface area contributed by atoms with E-state index in [1.807, 2.05) is 25.4 Å². The molecule has 0 bridgehead atoms. The van der Waals surface area contributed by atoms with Crippen LogP contribution in [-0.2, 0) is 28.8 Å². The van der Waals surface area contributed by atoms with Crippen LogP contribution >= 0.6 is 11.8 Å². The predicted molar refractivity (Wildman–Crippen MR) is 125 cm³/mol. The number of rotatable bonds is 17. The summed E-state index contributed by atoms with van der Waals surface area (Å²) in [4.78, 5) is 71.3. The van der Waals surface area contributed by atoms with E-state index in [1.54, 1.807) is 0 Å². The van der Waals surface area contributed by atoms with Crippen molar-refractivity contribution in [2.24, 2.45) is 17.4 Å². The molecule has 4 atom stereocenters. The summed E-state index contributed by atoms with van der Waals surface area (Å²) in [5, 5.41) is 25.0. The molecule has 0 aliphatic carbocycles. The summed E-state index contributed by atoms with van der Waals surface area (Å²) < 4.78 is 0. The van der Waals surface area contributed by atoms with Gasteiger partial charge in [-0.05, 0) is 37.2 Å². The van der Waals surface area contributed by atoms with Crippen molar-refractivity contribution in [3.05, 3.63) is 0 Å². The second kappa shape index (κ2) is 15.9. The Balaban J connectivity index is 5.55. The van der Waals surface area contributed by atoms with Gasteiger partial charge in [0, 0.05) is 6.42 Å². The van der Waals surface area contributed by atoms with E-state index in [-0.39, 0.29) is 25.2 Å². The normalized spacial score (nSPS) is 14.4. The first-order chi connectivity index (χ1) is 15.8. The molecule has 14 heteroatoms. The number of aliphatic carboxylic acids is 2. The van der Waals surface area contributed by atoms with E-state index in [4.69, 9.17) is 21.7 Å². The minimum absolute atomic E-state index is 0.0247. The summed E-state index contributed by atoms with van der Waals surface area (Å²) in [7, 11) is 0. The molecule has 0 radical (unpaired) electrons. The van der Waals surface area contributed by atoms with Crippen LogP contribution in [0.1, 0.15) is 46.0 Å². The summed E-state index contributed by atoms with van der Waals surface area (Å²) in [5.41, 5.74) is 11.0. The number of carbonyl (C=O) groups excluding carboxylic acids is 4. The second-order valence-electron chi connectivity index (χ2n) is 8.14. The Morgan fingerprint density at radius 1 is 0.853 bits per heavy atom. The third-order valence-corrected chi connectivity index (χ3v) is 5.26. The summed E-state index contributed by atoms with van der Waals surface area (Å²) in [6, 6.07) is -5.03. The topological polar surface area (TPSA) is 231 Å². The van der Waals surface area contributed by atoms with Gasteiger partial charge in [0.1, 0.15) is 18.1 Å². The molecule has 0 aliphatic heterocycles. The molecule has 9 N–H and O–H groups in total. The van der Waals surface area contributed by atoms with Gasteiger partial charge < -0.3 is 37.6 Å². The molecule has 0 saturated carbocycles. The zero-order chi connectivity index (χ0) is 26.4. The van der Waals surface area contributed by atoms with Crippen molar-refractivity contribution < 1.29 is 39.0 Å². The maximum atomic E-state index is 12.9. The first-order valence-corrected chi connectivity index (χ1v) is 12.1. The lowest BCUT2D eigenvalue weighted by molar-refractivity contribution is -0.147. The number of hydrogen-bond acceptors (Lipinski definition) is 8. The largest absolute Gasteiger partial charge is 0.481 e. The van der Waals surface area contributed by atoms with Crippen LogP contribution in [0.15, 0.2) is 0 Å². The molecule has 34 heavy (non-hydrogen) atoms. The smallest absolute Gasteiger partial charge is 0.326 e. The van der Waals surface area contributed by atoms with Gasteiger partial charge >= 0.3 is 11.9 Å². The number of carboxylic acid groups (broad SMARTS) is 2. The van der Waals surface area contributed by atoms with Crippen molar-refractivity contribution in [2.75, 3.05) is 12.0 Å². The number of carboxylic acids is 2. The van der Waals surface area contributed by atoms with E-state index < -0.39 is 66.2 Å². The molecule has 0 aromatic carbocycles. The molecular formula is C20H35N5O8S. The Hall–Kier alpha value is -2.87. The Morgan fingerprint density at radius 3 is 1.85 bits per heavy atom. The van der Waals surface area contributed by atoms with Crippen molar-refractivity contribution in [3.63, 3.8) is 0 Å². The van der Waals surface area contributed by atoms with Crippen LogP contribution in [0.4, 0.5) is 0 Å². The summed E-state index contributed by atoms with van der Waals surface area (Å²) in [6.45, 7) is 3.64. The molecule has 0 spiro atoms. The van der Waals surface area contributed by atoms with Gasteiger partial charge in [-0.25, -0.2) is 4.79 Å². The number of carbonyl (C=O) groups is 6. The molecule has 0 fully saturated rings. The minimum Gasteiger partial charge on any atom is -0.481 e. The quantitative estimate of drug-likeness (QED) is 0.119. The Morgan fingerprint density at radius 2 is 1.38 bits per heavy atom. The highest BCUT2D eigenvalue weighted by molar-refractivity contribution is 7.98. The SMILES string of the molecule is CSCCC(N)C(=O)NC(CC(C)C)C(=O)NC(CCC(N)=O)C(=O)NC(CC(=O)O)C(=O)O. The van der Waals surface area contributed by atoms with Gasteiger partial charge in [0.25, 0.3) is 0 Å². The highest BCUT2D eigenvalue weighted by Crippen LogP contribution is 2.08. The maximum Gasteiger partial charge on any atom is 0.326 e. The molecule has 0 aromatic rings. The Labute approximate surface area is 202 Å². The van der Waals surface area contributed by atoms with E-state index in [0.717, 1.165) is 0 Å². The van der Waals surface area contributed by atoms with Crippen molar-refractivity contribution in [3.8, 4) is 0 Å². The molecule has 194 valence electrons. The average molecular weight is 506 g/mol. The van der Waals surface area contributed by atoms with E-state index >= 15 is 0 Å². The molecule has 0 aromatic heterocycles. The van der Waals surface area contributed by atoms with Crippen LogP contribution in [0, 0.1) is 5.92 Å². The third kappa shape index (κ3) is 13.0. The molecule has 0 aliphatic rings. The fourth-order valence-electron chi connectivity index (χ4n) is 2.83. The van der Waals surface area contributed by atoms with Crippen LogP contribution in [0.5, 0.6) is 0 Å². The van der Waals surface area contributed by atoms with Crippen molar-refractivity contribution >= 4 is 47.3 Å². The number of amides is 4. The van der Waals surface area contributed by atoms with Gasteiger partial charge in [0.05, 0.1) is 12.5 Å². The van der Waals surface area contributed by atoms with Gasteiger partial charge in [0.2, 0.25) is 23.6 Å². The molecular weight excluding hydrogens is 470 g/mol. The standard InChI is InChI=1S/C20H35N5O8S/c1-10(2)8-13(24-17(29)11(21)6-7-34-3)19(31)23-12(4-5-15(22)26)18(30)25-14(20(32)33)9-16(27)28/h10-14H,4-9,21H2,1-3H3,(H2,22,26)(H,23,31)(H,24,29)(H,25,30)(H,27,28)(H,32,33). The summed E-state index contributed by atoms with van der Waals surface area (Å²) >= 11 is 1.51. The second-order valence-corrected chi connectivity index (χ2v) is 9.13. The number of nitrogens with one attached hydrogen (secondary N) is 3. The van der Waals surface area contributed by atoms with E-state index in [1.165, 1.54) is 11.8 Å². The maximum absolute atomic E-state index is 12.9. The van der Waals surface area contributed by atoms with Crippen LogP contribution in [0.25, 0.3) is 0 Å².